The number of sulfonamides is 1. The third kappa shape index (κ3) is 4.16. The first-order chi connectivity index (χ1) is 13.4. The second-order valence-corrected chi connectivity index (χ2v) is 7.71. The molecule has 3 aromatic rings. The van der Waals surface area contributed by atoms with Gasteiger partial charge in [-0.05, 0) is 48.0 Å². The molecule has 0 unspecified atom stereocenters. The van der Waals surface area contributed by atoms with Crippen LogP contribution in [0.25, 0.3) is 0 Å². The molecule has 0 aliphatic heterocycles. The summed E-state index contributed by atoms with van der Waals surface area (Å²) in [5.41, 5.74) is 3.13. The first-order valence-electron chi connectivity index (χ1n) is 8.20. The number of carbonyl (C=O) groups is 1. The molecule has 0 fully saturated rings. The fourth-order valence-electron chi connectivity index (χ4n) is 2.58. The number of pyridine rings is 1. The maximum Gasteiger partial charge on any atom is 0.266 e. The number of amides is 1. The van der Waals surface area contributed by atoms with Gasteiger partial charge in [0.05, 0.1) is 12.2 Å². The zero-order valence-corrected chi connectivity index (χ0v) is 15.4. The molecule has 144 valence electrons. The van der Waals surface area contributed by atoms with E-state index < -0.39 is 21.7 Å². The van der Waals surface area contributed by atoms with Crippen LogP contribution in [0.4, 0.5) is 10.1 Å². The van der Waals surface area contributed by atoms with Gasteiger partial charge in [0.2, 0.25) is 0 Å². The number of rotatable bonds is 6. The summed E-state index contributed by atoms with van der Waals surface area (Å²) in [4.78, 5) is 15.4. The van der Waals surface area contributed by atoms with Gasteiger partial charge in [-0.15, -0.1) is 0 Å². The first-order valence-corrected chi connectivity index (χ1v) is 9.64. The van der Waals surface area contributed by atoms with E-state index in [2.05, 4.69) is 4.98 Å². The van der Waals surface area contributed by atoms with Crippen molar-refractivity contribution in [2.24, 2.45) is 5.84 Å². The predicted molar refractivity (Wildman–Crippen MR) is 102 cm³/mol. The molecule has 0 aliphatic carbocycles. The Morgan fingerprint density at radius 2 is 1.86 bits per heavy atom. The molecule has 3 rings (SSSR count). The van der Waals surface area contributed by atoms with Crippen molar-refractivity contribution in [2.45, 2.75) is 11.4 Å². The standard InChI is InChI=1S/C19H17FN4O3S/c20-16-3-1-4-17(11-16)24(28(26,27)18-5-2-10-22-12-18)13-14-6-8-15(9-7-14)19(25)23-21/h1-12H,13,21H2,(H,23,25). The largest absolute Gasteiger partial charge is 0.290 e. The summed E-state index contributed by atoms with van der Waals surface area (Å²) in [5.74, 6) is 4.09. The average molecular weight is 400 g/mol. The van der Waals surface area contributed by atoms with Gasteiger partial charge < -0.3 is 0 Å². The number of hydrogen-bond donors (Lipinski definition) is 2. The Kier molecular flexibility index (Phi) is 5.67. The Labute approximate surface area is 161 Å². The summed E-state index contributed by atoms with van der Waals surface area (Å²) in [6.07, 6.45) is 2.70. The normalized spacial score (nSPS) is 11.1. The van der Waals surface area contributed by atoms with Crippen molar-refractivity contribution in [3.8, 4) is 0 Å². The van der Waals surface area contributed by atoms with Crippen LogP contribution in [0.5, 0.6) is 0 Å². The average Bonchev–Trinajstić information content (AvgIpc) is 2.72. The third-order valence-electron chi connectivity index (χ3n) is 3.99. The van der Waals surface area contributed by atoms with E-state index in [1.165, 1.54) is 54.9 Å². The summed E-state index contributed by atoms with van der Waals surface area (Å²) in [7, 11) is -4.00. The van der Waals surface area contributed by atoms with Gasteiger partial charge in [0.25, 0.3) is 15.9 Å². The molecule has 0 radical (unpaired) electrons. The van der Waals surface area contributed by atoms with Gasteiger partial charge >= 0.3 is 0 Å². The molecule has 3 N–H and O–H groups in total. The van der Waals surface area contributed by atoms with E-state index in [0.29, 0.717) is 11.1 Å². The lowest BCUT2D eigenvalue weighted by Crippen LogP contribution is -2.31. The maximum absolute atomic E-state index is 13.7. The Morgan fingerprint density at radius 1 is 1.11 bits per heavy atom. The van der Waals surface area contributed by atoms with Crippen LogP contribution >= 0.6 is 0 Å². The molecule has 0 saturated heterocycles. The molecular formula is C19H17FN4O3S. The van der Waals surface area contributed by atoms with Crippen molar-refractivity contribution in [3.63, 3.8) is 0 Å². The van der Waals surface area contributed by atoms with Gasteiger partial charge in [-0.3, -0.25) is 19.5 Å². The number of aromatic nitrogens is 1. The van der Waals surface area contributed by atoms with Crippen LogP contribution < -0.4 is 15.6 Å². The van der Waals surface area contributed by atoms with Crippen LogP contribution in [0.15, 0.2) is 78.0 Å². The lowest BCUT2D eigenvalue weighted by Gasteiger charge is -2.24. The van der Waals surface area contributed by atoms with Crippen molar-refractivity contribution in [1.29, 1.82) is 0 Å². The quantitative estimate of drug-likeness (QED) is 0.375. The van der Waals surface area contributed by atoms with Crippen molar-refractivity contribution in [3.05, 3.63) is 90.0 Å². The Balaban J connectivity index is 2.01. The van der Waals surface area contributed by atoms with Crippen LogP contribution in [0.3, 0.4) is 0 Å². The van der Waals surface area contributed by atoms with E-state index in [0.717, 1.165) is 10.4 Å². The minimum atomic E-state index is -4.00. The highest BCUT2D eigenvalue weighted by atomic mass is 32.2. The number of halogens is 1. The number of nitrogens with two attached hydrogens (primary N) is 1. The lowest BCUT2D eigenvalue weighted by molar-refractivity contribution is 0.0953. The van der Waals surface area contributed by atoms with Crippen molar-refractivity contribution >= 4 is 21.6 Å². The Hall–Kier alpha value is -3.30. The SMILES string of the molecule is NNC(=O)c1ccc(CN(c2cccc(F)c2)S(=O)(=O)c2cccnc2)cc1. The molecule has 2 aromatic carbocycles. The monoisotopic (exact) mass is 400 g/mol. The zero-order valence-electron chi connectivity index (χ0n) is 14.6. The second-order valence-electron chi connectivity index (χ2n) is 5.85. The summed E-state index contributed by atoms with van der Waals surface area (Å²) in [6, 6.07) is 14.5. The number of nitrogens with one attached hydrogen (secondary N) is 1. The highest BCUT2D eigenvalue weighted by Crippen LogP contribution is 2.26. The molecule has 0 aliphatic rings. The molecule has 1 amide bonds. The molecule has 0 atom stereocenters. The van der Waals surface area contributed by atoms with Gasteiger partial charge in [-0.25, -0.2) is 18.7 Å². The first kappa shape index (κ1) is 19.5. The van der Waals surface area contributed by atoms with Gasteiger partial charge in [0, 0.05) is 18.0 Å². The number of hydrazine groups is 1. The third-order valence-corrected chi connectivity index (χ3v) is 5.75. The van der Waals surface area contributed by atoms with Gasteiger partial charge in [0.1, 0.15) is 10.7 Å². The molecule has 1 heterocycles. The van der Waals surface area contributed by atoms with Crippen molar-refractivity contribution in [1.82, 2.24) is 10.4 Å². The predicted octanol–water partition coefficient (Wildman–Crippen LogP) is 2.22. The molecule has 0 spiro atoms. The van der Waals surface area contributed by atoms with E-state index in [1.807, 2.05) is 5.43 Å². The van der Waals surface area contributed by atoms with Crippen LogP contribution in [0.2, 0.25) is 0 Å². The van der Waals surface area contributed by atoms with Gasteiger partial charge in [-0.2, -0.15) is 0 Å². The number of hydrogen-bond acceptors (Lipinski definition) is 5. The van der Waals surface area contributed by atoms with Gasteiger partial charge in [0.15, 0.2) is 0 Å². The lowest BCUT2D eigenvalue weighted by atomic mass is 10.1. The van der Waals surface area contributed by atoms with Crippen LogP contribution in [-0.4, -0.2) is 19.3 Å². The fourth-order valence-corrected chi connectivity index (χ4v) is 3.99. The second kappa shape index (κ2) is 8.15. The molecule has 0 bridgehead atoms. The summed E-state index contributed by atoms with van der Waals surface area (Å²) < 4.78 is 41.1. The smallest absolute Gasteiger partial charge is 0.266 e. The van der Waals surface area contributed by atoms with E-state index in [9.17, 15) is 17.6 Å². The van der Waals surface area contributed by atoms with Crippen LogP contribution in [0.1, 0.15) is 15.9 Å². The summed E-state index contributed by atoms with van der Waals surface area (Å²) in [6.45, 7) is -0.0643. The minimum absolute atomic E-state index is 0.0154. The molecule has 1 aromatic heterocycles. The van der Waals surface area contributed by atoms with Crippen molar-refractivity contribution < 1.29 is 17.6 Å². The number of carbonyl (C=O) groups excluding carboxylic acids is 1. The number of nitrogen functional groups attached to an aromatic ring is 1. The molecule has 0 saturated carbocycles. The van der Waals surface area contributed by atoms with E-state index >= 15 is 0 Å². The highest BCUT2D eigenvalue weighted by Gasteiger charge is 2.26. The Bertz CT molecular complexity index is 1070. The number of benzene rings is 2. The van der Waals surface area contributed by atoms with Gasteiger partial charge in [-0.1, -0.05) is 18.2 Å². The van der Waals surface area contributed by atoms with Crippen molar-refractivity contribution in [2.75, 3.05) is 4.31 Å². The highest BCUT2D eigenvalue weighted by molar-refractivity contribution is 7.92. The molecule has 9 heteroatoms. The van der Waals surface area contributed by atoms with E-state index in [4.69, 9.17) is 5.84 Å². The van der Waals surface area contributed by atoms with Crippen LogP contribution in [-0.2, 0) is 16.6 Å². The number of nitrogens with zero attached hydrogens (tertiary/aromatic N) is 2. The van der Waals surface area contributed by atoms with E-state index in [-0.39, 0.29) is 17.1 Å². The molecular weight excluding hydrogens is 383 g/mol. The number of anilines is 1. The molecule has 7 nitrogen and oxygen atoms in total. The zero-order chi connectivity index (χ0) is 20.1. The fraction of sp³-hybridized carbons (Fsp3) is 0.0526. The maximum atomic E-state index is 13.7. The van der Waals surface area contributed by atoms with E-state index in [1.54, 1.807) is 12.1 Å². The Morgan fingerprint density at radius 3 is 2.46 bits per heavy atom. The topological polar surface area (TPSA) is 105 Å². The summed E-state index contributed by atoms with van der Waals surface area (Å²) in [5, 5.41) is 0. The minimum Gasteiger partial charge on any atom is -0.290 e. The molecule has 28 heavy (non-hydrogen) atoms. The van der Waals surface area contributed by atoms with Crippen LogP contribution in [0, 0.1) is 5.82 Å². The summed E-state index contributed by atoms with van der Waals surface area (Å²) >= 11 is 0.